The van der Waals surface area contributed by atoms with Crippen LogP contribution in [-0.2, 0) is 16.0 Å². The van der Waals surface area contributed by atoms with Crippen LogP contribution in [0.1, 0.15) is 37.7 Å². The number of rotatable bonds is 7. The van der Waals surface area contributed by atoms with Crippen LogP contribution in [0.25, 0.3) is 0 Å². The fourth-order valence-electron chi connectivity index (χ4n) is 2.44. The van der Waals surface area contributed by atoms with E-state index in [9.17, 15) is 4.79 Å². The number of aromatic nitrogens is 2. The first kappa shape index (κ1) is 14.7. The van der Waals surface area contributed by atoms with Crippen LogP contribution in [0.3, 0.4) is 0 Å². The number of nitrogens with zero attached hydrogens (tertiary/aromatic N) is 2. The van der Waals surface area contributed by atoms with Crippen molar-refractivity contribution in [2.75, 3.05) is 18.5 Å². The van der Waals surface area contributed by atoms with Gasteiger partial charge in [-0.25, -0.2) is 9.97 Å². The molecule has 0 spiro atoms. The van der Waals surface area contributed by atoms with Gasteiger partial charge < -0.3 is 15.2 Å². The Hall–Kier alpha value is -1.69. The fourth-order valence-corrected chi connectivity index (χ4v) is 2.44. The van der Waals surface area contributed by atoms with E-state index in [0.29, 0.717) is 30.6 Å². The van der Waals surface area contributed by atoms with Gasteiger partial charge in [-0.3, -0.25) is 4.79 Å². The van der Waals surface area contributed by atoms with E-state index in [1.807, 2.05) is 0 Å². The predicted molar refractivity (Wildman–Crippen MR) is 74.7 cm³/mol. The van der Waals surface area contributed by atoms with E-state index in [-0.39, 0.29) is 6.42 Å². The van der Waals surface area contributed by atoms with Crippen molar-refractivity contribution in [2.24, 2.45) is 0 Å². The van der Waals surface area contributed by atoms with E-state index in [1.54, 1.807) is 0 Å². The van der Waals surface area contributed by atoms with Gasteiger partial charge in [-0.1, -0.05) is 19.3 Å². The summed E-state index contributed by atoms with van der Waals surface area (Å²) in [5, 5.41) is 11.9. The quantitative estimate of drug-likeness (QED) is 0.741. The summed E-state index contributed by atoms with van der Waals surface area (Å²) in [7, 11) is 0. The lowest BCUT2D eigenvalue weighted by atomic mass is 9.98. The van der Waals surface area contributed by atoms with Gasteiger partial charge in [-0.2, -0.15) is 0 Å². The molecule has 1 saturated carbocycles. The van der Waals surface area contributed by atoms with Crippen molar-refractivity contribution in [3.05, 3.63) is 18.1 Å². The van der Waals surface area contributed by atoms with Gasteiger partial charge in [0.05, 0.1) is 19.1 Å². The molecule has 1 fully saturated rings. The number of anilines is 1. The van der Waals surface area contributed by atoms with Crippen molar-refractivity contribution >= 4 is 11.8 Å². The summed E-state index contributed by atoms with van der Waals surface area (Å²) in [5.41, 5.74) is 0.595. The van der Waals surface area contributed by atoms with E-state index in [4.69, 9.17) is 9.84 Å². The minimum absolute atomic E-state index is 0.0767. The number of ether oxygens (including phenoxy) is 1. The molecule has 2 rings (SSSR count). The van der Waals surface area contributed by atoms with Gasteiger partial charge in [0.1, 0.15) is 12.1 Å². The molecule has 0 saturated heterocycles. The highest BCUT2D eigenvalue weighted by molar-refractivity contribution is 5.72. The zero-order chi connectivity index (χ0) is 14.2. The highest BCUT2D eigenvalue weighted by Crippen LogP contribution is 2.20. The van der Waals surface area contributed by atoms with Crippen LogP contribution in [0.2, 0.25) is 0 Å². The highest BCUT2D eigenvalue weighted by atomic mass is 16.5. The van der Waals surface area contributed by atoms with E-state index in [2.05, 4.69) is 15.3 Å². The number of carboxylic acid groups (broad SMARTS) is 1. The third-order valence-electron chi connectivity index (χ3n) is 3.43. The van der Waals surface area contributed by atoms with Gasteiger partial charge in [-0.05, 0) is 12.8 Å². The molecule has 0 aromatic carbocycles. The minimum Gasteiger partial charge on any atom is -0.481 e. The average Bonchev–Trinajstić information content (AvgIpc) is 2.46. The summed E-state index contributed by atoms with van der Waals surface area (Å²) in [4.78, 5) is 18.7. The molecule has 1 aromatic heterocycles. The fraction of sp³-hybridized carbons (Fsp3) is 0.643. The molecule has 1 heterocycles. The monoisotopic (exact) mass is 279 g/mol. The molecular formula is C14H21N3O3. The SMILES string of the molecule is O=C(O)Cc1cncnc1NCCOC1CCCCC1. The van der Waals surface area contributed by atoms with Crippen molar-refractivity contribution in [1.29, 1.82) is 0 Å². The Morgan fingerprint density at radius 2 is 2.20 bits per heavy atom. The molecular weight excluding hydrogens is 258 g/mol. The molecule has 0 bridgehead atoms. The number of carboxylic acids is 1. The molecule has 20 heavy (non-hydrogen) atoms. The smallest absolute Gasteiger partial charge is 0.308 e. The second-order valence-corrected chi connectivity index (χ2v) is 5.02. The molecule has 6 heteroatoms. The zero-order valence-electron chi connectivity index (χ0n) is 11.5. The van der Waals surface area contributed by atoms with Crippen LogP contribution in [0, 0.1) is 0 Å². The van der Waals surface area contributed by atoms with E-state index in [0.717, 1.165) is 12.8 Å². The van der Waals surface area contributed by atoms with Gasteiger partial charge >= 0.3 is 5.97 Å². The Kier molecular flexibility index (Phi) is 5.73. The zero-order valence-corrected chi connectivity index (χ0v) is 11.5. The van der Waals surface area contributed by atoms with Crippen LogP contribution in [0.4, 0.5) is 5.82 Å². The van der Waals surface area contributed by atoms with Crippen molar-refractivity contribution in [3.8, 4) is 0 Å². The summed E-state index contributed by atoms with van der Waals surface area (Å²) >= 11 is 0. The van der Waals surface area contributed by atoms with Crippen molar-refractivity contribution in [2.45, 2.75) is 44.6 Å². The molecule has 110 valence electrons. The Morgan fingerprint density at radius 1 is 1.40 bits per heavy atom. The molecule has 0 unspecified atom stereocenters. The Balaban J connectivity index is 1.74. The maximum Gasteiger partial charge on any atom is 0.308 e. The number of carbonyl (C=O) groups is 1. The maximum atomic E-state index is 10.7. The number of hydrogen-bond acceptors (Lipinski definition) is 5. The normalized spacial score (nSPS) is 16.0. The summed E-state index contributed by atoms with van der Waals surface area (Å²) < 4.78 is 5.80. The first-order valence-electron chi connectivity index (χ1n) is 7.12. The van der Waals surface area contributed by atoms with Gasteiger partial charge in [0, 0.05) is 18.3 Å². The lowest BCUT2D eigenvalue weighted by molar-refractivity contribution is -0.136. The first-order chi connectivity index (χ1) is 9.75. The van der Waals surface area contributed by atoms with Gasteiger partial charge in [0.2, 0.25) is 0 Å². The number of hydrogen-bond donors (Lipinski definition) is 2. The lowest BCUT2D eigenvalue weighted by Crippen LogP contribution is -2.21. The average molecular weight is 279 g/mol. The minimum atomic E-state index is -0.888. The summed E-state index contributed by atoms with van der Waals surface area (Å²) in [6, 6.07) is 0. The van der Waals surface area contributed by atoms with Gasteiger partial charge in [0.15, 0.2) is 0 Å². The van der Waals surface area contributed by atoms with Crippen LogP contribution in [-0.4, -0.2) is 40.3 Å². The highest BCUT2D eigenvalue weighted by Gasteiger charge is 2.13. The third kappa shape index (κ3) is 4.77. The molecule has 0 radical (unpaired) electrons. The van der Waals surface area contributed by atoms with E-state index >= 15 is 0 Å². The Labute approximate surface area is 118 Å². The van der Waals surface area contributed by atoms with Gasteiger partial charge in [-0.15, -0.1) is 0 Å². The first-order valence-corrected chi connectivity index (χ1v) is 7.12. The van der Waals surface area contributed by atoms with Crippen LogP contribution in [0.5, 0.6) is 0 Å². The molecule has 0 aliphatic heterocycles. The second-order valence-electron chi connectivity index (χ2n) is 5.02. The van der Waals surface area contributed by atoms with E-state index in [1.165, 1.54) is 31.8 Å². The second kappa shape index (κ2) is 7.79. The molecule has 1 aromatic rings. The van der Waals surface area contributed by atoms with Crippen LogP contribution >= 0.6 is 0 Å². The molecule has 2 N–H and O–H groups in total. The summed E-state index contributed by atoms with van der Waals surface area (Å²) in [6.45, 7) is 1.24. The Morgan fingerprint density at radius 3 is 2.95 bits per heavy atom. The van der Waals surface area contributed by atoms with Crippen LogP contribution < -0.4 is 5.32 Å². The Bertz CT molecular complexity index is 433. The van der Waals surface area contributed by atoms with Gasteiger partial charge in [0.25, 0.3) is 0 Å². The standard InChI is InChI=1S/C14H21N3O3/c18-13(19)8-11-9-15-10-17-14(11)16-6-7-20-12-4-2-1-3-5-12/h9-10,12H,1-8H2,(H,18,19)(H,15,16,17). The van der Waals surface area contributed by atoms with E-state index < -0.39 is 5.97 Å². The molecule has 0 atom stereocenters. The molecule has 1 aliphatic carbocycles. The maximum absolute atomic E-state index is 10.7. The number of nitrogens with one attached hydrogen (secondary N) is 1. The van der Waals surface area contributed by atoms with Crippen LogP contribution in [0.15, 0.2) is 12.5 Å². The molecule has 6 nitrogen and oxygen atoms in total. The summed E-state index contributed by atoms with van der Waals surface area (Å²) in [5.74, 6) is -0.309. The van der Waals surface area contributed by atoms with Crippen molar-refractivity contribution in [3.63, 3.8) is 0 Å². The molecule has 1 aliphatic rings. The van der Waals surface area contributed by atoms with Crippen molar-refractivity contribution in [1.82, 2.24) is 9.97 Å². The third-order valence-corrected chi connectivity index (χ3v) is 3.43. The largest absolute Gasteiger partial charge is 0.481 e. The summed E-state index contributed by atoms with van der Waals surface area (Å²) in [6.07, 6.45) is 9.38. The molecule has 0 amide bonds. The topological polar surface area (TPSA) is 84.3 Å². The predicted octanol–water partition coefficient (Wildman–Crippen LogP) is 1.86. The van der Waals surface area contributed by atoms with Crippen molar-refractivity contribution < 1.29 is 14.6 Å². The number of aliphatic carboxylic acids is 1. The lowest BCUT2D eigenvalue weighted by Gasteiger charge is -2.22.